The highest BCUT2D eigenvalue weighted by Gasteiger charge is 2.31. The van der Waals surface area contributed by atoms with E-state index in [1.807, 2.05) is 6.07 Å². The number of aryl methyl sites for hydroxylation is 2. The van der Waals surface area contributed by atoms with E-state index in [0.717, 1.165) is 93.0 Å². The summed E-state index contributed by atoms with van der Waals surface area (Å²) in [7, 11) is 0. The van der Waals surface area contributed by atoms with Crippen LogP contribution >= 0.6 is 11.6 Å². The van der Waals surface area contributed by atoms with Gasteiger partial charge in [-0.25, -0.2) is 9.97 Å². The van der Waals surface area contributed by atoms with Crippen molar-refractivity contribution in [2.75, 3.05) is 42.6 Å². The van der Waals surface area contributed by atoms with Gasteiger partial charge in [0.15, 0.2) is 5.65 Å². The topological polar surface area (TPSA) is 71.7 Å². The fraction of sp³-hybridized carbons (Fsp3) is 0.500. The number of hydrogen-bond acceptors (Lipinski definition) is 7. The number of rotatable bonds is 3. The van der Waals surface area contributed by atoms with Crippen molar-refractivity contribution in [3.8, 4) is 0 Å². The summed E-state index contributed by atoms with van der Waals surface area (Å²) in [6.45, 7) is 6.31. The molecule has 1 aromatic carbocycles. The molecule has 0 radical (unpaired) electrons. The third kappa shape index (κ3) is 4.10. The average molecular weight is 518 g/mol. The number of benzene rings is 1. The fourth-order valence-electron chi connectivity index (χ4n) is 6.32. The maximum atomic E-state index is 6.43. The molecule has 1 aliphatic carbocycles. The van der Waals surface area contributed by atoms with E-state index in [9.17, 15) is 0 Å². The summed E-state index contributed by atoms with van der Waals surface area (Å²) in [5, 5.41) is 6.60. The summed E-state index contributed by atoms with van der Waals surface area (Å²) >= 11 is 6.43. The van der Waals surface area contributed by atoms with Gasteiger partial charge in [0.2, 0.25) is 5.28 Å². The first-order chi connectivity index (χ1) is 18.2. The predicted octanol–water partition coefficient (Wildman–Crippen LogP) is 5.08. The van der Waals surface area contributed by atoms with Crippen molar-refractivity contribution in [1.29, 1.82) is 0 Å². The first kappa shape index (κ1) is 23.2. The van der Waals surface area contributed by atoms with E-state index in [0.29, 0.717) is 0 Å². The van der Waals surface area contributed by atoms with Crippen LogP contribution in [0.5, 0.6) is 0 Å². The number of fused-ring (bicyclic) bond motifs is 3. The number of halogens is 1. The minimum Gasteiger partial charge on any atom is -0.378 e. The second-order valence-corrected chi connectivity index (χ2v) is 10.9. The average Bonchev–Trinajstić information content (AvgIpc) is 3.35. The van der Waals surface area contributed by atoms with Gasteiger partial charge in [-0.3, -0.25) is 0 Å². The molecule has 192 valence electrons. The van der Waals surface area contributed by atoms with Gasteiger partial charge in [0, 0.05) is 42.3 Å². The molecule has 2 fully saturated rings. The van der Waals surface area contributed by atoms with E-state index < -0.39 is 0 Å². The number of hydrogen-bond donors (Lipinski definition) is 0. The summed E-state index contributed by atoms with van der Waals surface area (Å²) in [5.74, 6) is 2.13. The monoisotopic (exact) mass is 517 g/mol. The molecular weight excluding hydrogens is 486 g/mol. The Balaban J connectivity index is 1.37. The van der Waals surface area contributed by atoms with Crippen molar-refractivity contribution in [3.63, 3.8) is 0 Å². The zero-order valence-corrected chi connectivity index (χ0v) is 22.0. The van der Waals surface area contributed by atoms with E-state index in [1.165, 1.54) is 35.5 Å². The van der Waals surface area contributed by atoms with Gasteiger partial charge in [0.1, 0.15) is 11.6 Å². The molecule has 5 heterocycles. The first-order valence-electron chi connectivity index (χ1n) is 13.6. The van der Waals surface area contributed by atoms with Gasteiger partial charge in [-0.05, 0) is 75.6 Å². The lowest BCUT2D eigenvalue weighted by Crippen LogP contribution is -2.38. The zero-order chi connectivity index (χ0) is 24.9. The summed E-state index contributed by atoms with van der Waals surface area (Å²) in [6, 6.07) is 8.60. The SMILES string of the molecule is Cc1ccc2nc(Cl)nc(N3CCCCC3c3cc4nc5c(c(N6CCOCC6)n4n3)CCCC5)c2c1. The number of aromatic nitrogens is 5. The molecule has 0 N–H and O–H groups in total. The maximum Gasteiger partial charge on any atom is 0.224 e. The van der Waals surface area contributed by atoms with Crippen LogP contribution in [0.15, 0.2) is 24.3 Å². The Bertz CT molecular complexity index is 1480. The van der Waals surface area contributed by atoms with Crippen molar-refractivity contribution >= 4 is 39.8 Å². The number of ether oxygens (including phenoxy) is 1. The quantitative estimate of drug-likeness (QED) is 0.351. The van der Waals surface area contributed by atoms with Crippen molar-refractivity contribution in [2.45, 2.75) is 57.9 Å². The van der Waals surface area contributed by atoms with Crippen LogP contribution in [0.1, 0.15) is 60.7 Å². The molecule has 37 heavy (non-hydrogen) atoms. The lowest BCUT2D eigenvalue weighted by Gasteiger charge is -2.36. The smallest absolute Gasteiger partial charge is 0.224 e. The van der Waals surface area contributed by atoms with Gasteiger partial charge >= 0.3 is 0 Å². The highest BCUT2D eigenvalue weighted by Crippen LogP contribution is 2.39. The van der Waals surface area contributed by atoms with Gasteiger partial charge in [0.05, 0.1) is 30.5 Å². The van der Waals surface area contributed by atoms with Crippen LogP contribution < -0.4 is 9.80 Å². The second kappa shape index (κ2) is 9.40. The minimum atomic E-state index is 0.111. The van der Waals surface area contributed by atoms with Crippen LogP contribution in [0.2, 0.25) is 5.28 Å². The van der Waals surface area contributed by atoms with Crippen LogP contribution in [0.4, 0.5) is 11.6 Å². The summed E-state index contributed by atoms with van der Waals surface area (Å²) < 4.78 is 7.80. The zero-order valence-electron chi connectivity index (χ0n) is 21.3. The van der Waals surface area contributed by atoms with Gasteiger partial charge in [-0.15, -0.1) is 0 Å². The predicted molar refractivity (Wildman–Crippen MR) is 146 cm³/mol. The van der Waals surface area contributed by atoms with Crippen LogP contribution in [0.25, 0.3) is 16.6 Å². The highest BCUT2D eigenvalue weighted by atomic mass is 35.5. The Morgan fingerprint density at radius 1 is 0.946 bits per heavy atom. The standard InChI is InChI=1S/C28H32ClN7O/c1-18-9-10-22-20(16-18)26(32-28(29)31-22)35-11-5-4-8-24(35)23-17-25-30-21-7-3-2-6-19(21)27(36(25)33-23)34-12-14-37-15-13-34/h9-10,16-17,24H,2-8,11-15H2,1H3. The molecule has 0 spiro atoms. The molecule has 2 aliphatic heterocycles. The van der Waals surface area contributed by atoms with Crippen molar-refractivity contribution < 1.29 is 4.74 Å². The van der Waals surface area contributed by atoms with E-state index in [-0.39, 0.29) is 11.3 Å². The lowest BCUT2D eigenvalue weighted by atomic mass is 9.96. The van der Waals surface area contributed by atoms with E-state index >= 15 is 0 Å². The minimum absolute atomic E-state index is 0.111. The maximum absolute atomic E-state index is 6.43. The molecule has 7 rings (SSSR count). The fourth-order valence-corrected chi connectivity index (χ4v) is 6.49. The van der Waals surface area contributed by atoms with Gasteiger partial charge in [-0.1, -0.05) is 11.6 Å². The van der Waals surface area contributed by atoms with E-state index in [4.69, 9.17) is 31.4 Å². The number of piperidine rings is 1. The first-order valence-corrected chi connectivity index (χ1v) is 14.0. The van der Waals surface area contributed by atoms with Gasteiger partial charge in [0.25, 0.3) is 0 Å². The molecule has 8 nitrogen and oxygen atoms in total. The number of anilines is 2. The molecule has 0 amide bonds. The second-order valence-electron chi connectivity index (χ2n) is 10.5. The number of morpholine rings is 1. The molecule has 0 saturated carbocycles. The highest BCUT2D eigenvalue weighted by molar-refractivity contribution is 6.28. The van der Waals surface area contributed by atoms with Crippen molar-refractivity contribution in [2.24, 2.45) is 0 Å². The largest absolute Gasteiger partial charge is 0.378 e. The van der Waals surface area contributed by atoms with Crippen LogP contribution in [0, 0.1) is 6.92 Å². The summed E-state index contributed by atoms with van der Waals surface area (Å²) in [5.41, 5.74) is 6.69. The third-order valence-electron chi connectivity index (χ3n) is 8.10. The Morgan fingerprint density at radius 3 is 2.70 bits per heavy atom. The van der Waals surface area contributed by atoms with Crippen LogP contribution in [0.3, 0.4) is 0 Å². The number of nitrogens with zero attached hydrogens (tertiary/aromatic N) is 7. The Hall–Kier alpha value is -2.97. The van der Waals surface area contributed by atoms with Crippen molar-refractivity contribution in [1.82, 2.24) is 24.6 Å². The molecule has 4 aromatic rings. The summed E-state index contributed by atoms with van der Waals surface area (Å²) in [4.78, 5) is 19.2. The third-order valence-corrected chi connectivity index (χ3v) is 8.27. The van der Waals surface area contributed by atoms with E-state index in [1.54, 1.807) is 0 Å². The lowest BCUT2D eigenvalue weighted by molar-refractivity contribution is 0.122. The van der Waals surface area contributed by atoms with E-state index in [2.05, 4.69) is 44.4 Å². The molecular formula is C28H32ClN7O. The van der Waals surface area contributed by atoms with Gasteiger partial charge < -0.3 is 14.5 Å². The van der Waals surface area contributed by atoms with Crippen LogP contribution in [-0.4, -0.2) is 57.4 Å². The Kier molecular flexibility index (Phi) is 5.89. The normalized spacial score (nSPS) is 20.5. The van der Waals surface area contributed by atoms with Gasteiger partial charge in [-0.2, -0.15) is 14.6 Å². The van der Waals surface area contributed by atoms with Crippen LogP contribution in [-0.2, 0) is 17.6 Å². The molecule has 9 heteroatoms. The molecule has 2 saturated heterocycles. The van der Waals surface area contributed by atoms with Crippen molar-refractivity contribution in [3.05, 3.63) is 52.1 Å². The molecule has 1 unspecified atom stereocenters. The molecule has 3 aliphatic rings. The summed E-state index contributed by atoms with van der Waals surface area (Å²) in [6.07, 6.45) is 7.82. The Labute approximate surface area is 221 Å². The Morgan fingerprint density at radius 2 is 1.81 bits per heavy atom. The molecule has 3 aromatic heterocycles. The molecule has 1 atom stereocenters. The molecule has 0 bridgehead atoms.